The maximum Gasteiger partial charge on any atom is 0.404 e. The smallest absolute Gasteiger partial charge is 0.404 e. The lowest BCUT2D eigenvalue weighted by molar-refractivity contribution is -0.140. The molecular weight excluding hydrogens is 518 g/mol. The fourth-order valence-electron chi connectivity index (χ4n) is 4.30. The van der Waals surface area contributed by atoms with Crippen LogP contribution >= 0.6 is 0 Å². The number of hydrogen-bond donors (Lipinski definition) is 4. The number of rotatable bonds is 15. The highest BCUT2D eigenvalue weighted by Crippen LogP contribution is 2.26. The maximum atomic E-state index is 12.7. The number of nitrogens with one attached hydrogen (secondary N) is 3. The van der Waals surface area contributed by atoms with Crippen molar-refractivity contribution in [1.29, 1.82) is 0 Å². The molecule has 1 aliphatic rings. The number of benzene rings is 1. The van der Waals surface area contributed by atoms with Crippen molar-refractivity contribution in [2.24, 2.45) is 23.5 Å². The zero-order chi connectivity index (χ0) is 29.8. The molecule has 220 valence electrons. The van der Waals surface area contributed by atoms with Gasteiger partial charge in [-0.15, -0.1) is 0 Å². The van der Waals surface area contributed by atoms with Gasteiger partial charge in [-0.2, -0.15) is 0 Å². The summed E-state index contributed by atoms with van der Waals surface area (Å²) in [5.74, 6) is -1.77. The van der Waals surface area contributed by atoms with Gasteiger partial charge < -0.3 is 26.4 Å². The summed E-state index contributed by atoms with van der Waals surface area (Å²) in [5, 5.41) is 7.94. The Hall–Kier alpha value is -3.96. The van der Waals surface area contributed by atoms with Gasteiger partial charge in [-0.05, 0) is 42.4 Å². The van der Waals surface area contributed by atoms with Crippen molar-refractivity contribution in [1.82, 2.24) is 15.5 Å². The third-order valence-corrected chi connectivity index (χ3v) is 6.68. The number of carbonyl (C=O) groups excluding carboxylic acids is 6. The lowest BCUT2D eigenvalue weighted by atomic mass is 9.94. The van der Waals surface area contributed by atoms with Crippen LogP contribution in [0.5, 0.6) is 0 Å². The van der Waals surface area contributed by atoms with Crippen LogP contribution in [0, 0.1) is 17.8 Å². The van der Waals surface area contributed by atoms with Gasteiger partial charge in [0, 0.05) is 31.0 Å². The van der Waals surface area contributed by atoms with Gasteiger partial charge >= 0.3 is 6.09 Å². The number of ether oxygens (including phenoxy) is 1. The van der Waals surface area contributed by atoms with Crippen LogP contribution in [-0.4, -0.2) is 59.7 Å². The van der Waals surface area contributed by atoms with E-state index in [2.05, 4.69) is 16.0 Å². The van der Waals surface area contributed by atoms with E-state index in [1.54, 1.807) is 38.1 Å². The number of anilines is 1. The number of amides is 6. The number of unbranched alkanes of at least 4 members (excludes halogenated alkanes) is 2. The summed E-state index contributed by atoms with van der Waals surface area (Å²) in [6, 6.07) is 5.77. The third-order valence-electron chi connectivity index (χ3n) is 6.68. The maximum absolute atomic E-state index is 12.7. The molecule has 5 N–H and O–H groups in total. The number of nitrogens with two attached hydrogens (primary N) is 1. The standard InChI is InChI=1S/C28H41N5O7/c1-17(2)21-14-24(36)33(27(21)38)13-7-5-6-8-22(34)32-25(18(3)4)26(37)30-15-23(35)31-20-11-9-19(10-12-20)16-40-28(29)39/h9-12,17-18,21,25H,5-8,13-16H2,1-4H3,(H2,29,39)(H,30,37)(H,31,35)(H,32,34). The molecule has 40 heavy (non-hydrogen) atoms. The van der Waals surface area contributed by atoms with E-state index in [1.165, 1.54) is 4.90 Å². The van der Waals surface area contributed by atoms with E-state index in [9.17, 15) is 28.8 Å². The molecule has 0 spiro atoms. The number of carbonyl (C=O) groups is 6. The highest BCUT2D eigenvalue weighted by molar-refractivity contribution is 6.03. The molecule has 1 aromatic carbocycles. The van der Waals surface area contributed by atoms with Gasteiger partial charge in [0.15, 0.2) is 0 Å². The van der Waals surface area contributed by atoms with Gasteiger partial charge in [0.05, 0.1) is 6.54 Å². The Labute approximate surface area is 234 Å². The van der Waals surface area contributed by atoms with Crippen LogP contribution in [0.3, 0.4) is 0 Å². The van der Waals surface area contributed by atoms with E-state index in [1.807, 2.05) is 13.8 Å². The average molecular weight is 560 g/mol. The van der Waals surface area contributed by atoms with E-state index < -0.39 is 23.9 Å². The highest BCUT2D eigenvalue weighted by atomic mass is 16.5. The summed E-state index contributed by atoms with van der Waals surface area (Å²) in [6.45, 7) is 7.55. The van der Waals surface area contributed by atoms with Gasteiger partial charge in [-0.25, -0.2) is 4.79 Å². The fraction of sp³-hybridized carbons (Fsp3) is 0.571. The van der Waals surface area contributed by atoms with Gasteiger partial charge in [-0.1, -0.05) is 46.2 Å². The van der Waals surface area contributed by atoms with Crippen LogP contribution in [0.25, 0.3) is 0 Å². The quantitative estimate of drug-likeness (QED) is 0.188. The molecule has 0 aromatic heterocycles. The van der Waals surface area contributed by atoms with Crippen LogP contribution < -0.4 is 21.7 Å². The second kappa shape index (κ2) is 15.6. The number of imide groups is 1. The van der Waals surface area contributed by atoms with E-state index in [4.69, 9.17) is 10.5 Å². The predicted octanol–water partition coefficient (Wildman–Crippen LogP) is 2.07. The van der Waals surface area contributed by atoms with Crippen LogP contribution in [-0.2, 0) is 35.3 Å². The summed E-state index contributed by atoms with van der Waals surface area (Å²) in [5.41, 5.74) is 6.12. The van der Waals surface area contributed by atoms with Crippen LogP contribution in [0.1, 0.15) is 65.4 Å². The minimum atomic E-state index is -0.880. The second-order valence-electron chi connectivity index (χ2n) is 10.6. The van der Waals surface area contributed by atoms with Gasteiger partial charge in [0.2, 0.25) is 29.5 Å². The molecule has 1 heterocycles. The first-order valence-electron chi connectivity index (χ1n) is 13.6. The third kappa shape index (κ3) is 10.3. The first-order chi connectivity index (χ1) is 18.9. The Kier molecular flexibility index (Phi) is 12.6. The summed E-state index contributed by atoms with van der Waals surface area (Å²) >= 11 is 0. The molecule has 0 saturated carbocycles. The van der Waals surface area contributed by atoms with Gasteiger partial charge in [0.1, 0.15) is 12.6 Å². The van der Waals surface area contributed by atoms with Crippen LogP contribution in [0.2, 0.25) is 0 Å². The van der Waals surface area contributed by atoms with Crippen molar-refractivity contribution in [3.8, 4) is 0 Å². The summed E-state index contributed by atoms with van der Waals surface area (Å²) in [7, 11) is 0. The molecule has 0 radical (unpaired) electrons. The van der Waals surface area contributed by atoms with E-state index in [0.29, 0.717) is 37.1 Å². The monoisotopic (exact) mass is 559 g/mol. The molecule has 12 heteroatoms. The van der Waals surface area contributed by atoms with E-state index >= 15 is 0 Å². The van der Waals surface area contributed by atoms with E-state index in [0.717, 1.165) is 0 Å². The predicted molar refractivity (Wildman–Crippen MR) is 147 cm³/mol. The zero-order valence-corrected chi connectivity index (χ0v) is 23.7. The molecule has 6 amide bonds. The van der Waals surface area contributed by atoms with Crippen molar-refractivity contribution in [3.63, 3.8) is 0 Å². The minimum absolute atomic E-state index is 0.0152. The van der Waals surface area contributed by atoms with Crippen molar-refractivity contribution in [2.45, 2.75) is 72.4 Å². The Morgan fingerprint density at radius 3 is 2.25 bits per heavy atom. The van der Waals surface area contributed by atoms with Crippen LogP contribution in [0.4, 0.5) is 10.5 Å². The highest BCUT2D eigenvalue weighted by Gasteiger charge is 2.39. The number of likely N-dealkylation sites (tertiary alicyclic amines) is 1. The topological polar surface area (TPSA) is 177 Å². The molecule has 1 fully saturated rings. The Balaban J connectivity index is 1.70. The first-order valence-corrected chi connectivity index (χ1v) is 13.6. The summed E-state index contributed by atoms with van der Waals surface area (Å²) in [6.07, 6.45) is 1.42. The van der Waals surface area contributed by atoms with Gasteiger partial charge in [-0.3, -0.25) is 28.9 Å². The molecule has 2 rings (SSSR count). The normalized spacial score (nSPS) is 15.8. The lowest BCUT2D eigenvalue weighted by Crippen LogP contribution is -2.51. The minimum Gasteiger partial charge on any atom is -0.445 e. The fourth-order valence-corrected chi connectivity index (χ4v) is 4.30. The average Bonchev–Trinajstić information content (AvgIpc) is 3.18. The molecule has 0 aliphatic carbocycles. The SMILES string of the molecule is CC(C)C1CC(=O)N(CCCCCC(=O)NC(C(=O)NCC(=O)Nc2ccc(COC(N)=O)cc2)C(C)C)C1=O. The van der Waals surface area contributed by atoms with Crippen molar-refractivity contribution < 1.29 is 33.5 Å². The van der Waals surface area contributed by atoms with E-state index in [-0.39, 0.29) is 61.5 Å². The molecule has 1 aromatic rings. The second-order valence-corrected chi connectivity index (χ2v) is 10.6. The number of primary amides is 1. The number of nitrogens with zero attached hydrogens (tertiary/aromatic N) is 1. The number of hydrogen-bond acceptors (Lipinski definition) is 7. The molecule has 1 aliphatic heterocycles. The lowest BCUT2D eigenvalue weighted by Gasteiger charge is -2.21. The van der Waals surface area contributed by atoms with Crippen molar-refractivity contribution in [2.75, 3.05) is 18.4 Å². The Bertz CT molecular complexity index is 1070. The molecule has 1 saturated heterocycles. The molecular formula is C28H41N5O7. The largest absolute Gasteiger partial charge is 0.445 e. The summed E-state index contributed by atoms with van der Waals surface area (Å²) < 4.78 is 4.70. The van der Waals surface area contributed by atoms with Crippen LogP contribution in [0.15, 0.2) is 24.3 Å². The first kappa shape index (κ1) is 32.3. The summed E-state index contributed by atoms with van der Waals surface area (Å²) in [4.78, 5) is 73.9. The Morgan fingerprint density at radius 2 is 1.68 bits per heavy atom. The van der Waals surface area contributed by atoms with Crippen molar-refractivity contribution >= 4 is 41.3 Å². The Morgan fingerprint density at radius 1 is 1.00 bits per heavy atom. The molecule has 0 bridgehead atoms. The van der Waals surface area contributed by atoms with Crippen molar-refractivity contribution in [3.05, 3.63) is 29.8 Å². The zero-order valence-electron chi connectivity index (χ0n) is 23.7. The molecule has 2 atom stereocenters. The molecule has 2 unspecified atom stereocenters. The van der Waals surface area contributed by atoms with Gasteiger partial charge in [0.25, 0.3) is 0 Å². The molecule has 12 nitrogen and oxygen atoms in total.